The van der Waals surface area contributed by atoms with Gasteiger partial charge in [0.1, 0.15) is 6.04 Å². The summed E-state index contributed by atoms with van der Waals surface area (Å²) >= 11 is 0. The summed E-state index contributed by atoms with van der Waals surface area (Å²) < 4.78 is 0. The van der Waals surface area contributed by atoms with Crippen LogP contribution < -0.4 is 15.1 Å². The third kappa shape index (κ3) is 6.26. The summed E-state index contributed by atoms with van der Waals surface area (Å²) in [5.74, 6) is -0.248. The van der Waals surface area contributed by atoms with E-state index in [0.717, 1.165) is 17.8 Å². The van der Waals surface area contributed by atoms with E-state index >= 15 is 0 Å². The number of anilines is 2. The fourth-order valence-electron chi connectivity index (χ4n) is 2.69. The van der Waals surface area contributed by atoms with Crippen molar-refractivity contribution in [2.45, 2.75) is 67.0 Å². The van der Waals surface area contributed by atoms with Gasteiger partial charge in [-0.2, -0.15) is 0 Å². The molecule has 1 N–H and O–H groups in total. The minimum absolute atomic E-state index is 0.0690. The van der Waals surface area contributed by atoms with Gasteiger partial charge in [0.2, 0.25) is 5.91 Å². The lowest BCUT2D eigenvalue weighted by Crippen LogP contribution is -2.56. The minimum Gasteiger partial charge on any atom is -0.368 e. The zero-order valence-electron chi connectivity index (χ0n) is 18.5. The largest absolute Gasteiger partial charge is 0.368 e. The van der Waals surface area contributed by atoms with E-state index in [2.05, 4.69) is 37.9 Å². The number of nitrogens with zero attached hydrogens (tertiary/aromatic N) is 2. The Balaban J connectivity index is 0.000000646. The summed E-state index contributed by atoms with van der Waals surface area (Å²) in [6.07, 6.45) is 0.757. The van der Waals surface area contributed by atoms with Crippen molar-refractivity contribution in [2.24, 2.45) is 11.3 Å². The van der Waals surface area contributed by atoms with Gasteiger partial charge >= 0.3 is 0 Å². The van der Waals surface area contributed by atoms with Gasteiger partial charge in [-0.25, -0.2) is 0 Å². The molecule has 1 unspecified atom stereocenters. The third-order valence-corrected chi connectivity index (χ3v) is 4.67. The lowest BCUT2D eigenvalue weighted by molar-refractivity contribution is -0.130. The highest BCUT2D eigenvalue weighted by Crippen LogP contribution is 2.33. The minimum atomic E-state index is -0.552. The highest BCUT2D eigenvalue weighted by Gasteiger charge is 2.37. The molecule has 1 aliphatic rings. The molecular weight excluding hydrogens is 338 g/mol. The molecule has 0 radical (unpaired) electrons. The molecule has 0 aromatic heterocycles. The standard InChI is InChI=1S/C17H25N3O2.C5H12/c1-6-11(2)16(21)18-15-12(3)19(4)13-9-7-8-10-14(13)20(5)17(15)22;1-5(2,3)4/h7-12,15H,6H2,1-5H3,(H,18,21);1-4H3/t11-,12+,15?;/m1./s1. The average molecular weight is 376 g/mol. The van der Waals surface area contributed by atoms with E-state index in [-0.39, 0.29) is 23.8 Å². The predicted molar refractivity (Wildman–Crippen MR) is 114 cm³/mol. The second kappa shape index (κ2) is 9.25. The molecule has 5 nitrogen and oxygen atoms in total. The number of rotatable bonds is 3. The third-order valence-electron chi connectivity index (χ3n) is 4.67. The maximum atomic E-state index is 12.8. The molecule has 1 aliphatic heterocycles. The van der Waals surface area contributed by atoms with Gasteiger partial charge in [0.15, 0.2) is 0 Å². The Morgan fingerprint density at radius 3 is 2.11 bits per heavy atom. The summed E-state index contributed by atoms with van der Waals surface area (Å²) in [5.41, 5.74) is 2.35. The SMILES string of the molecule is CC(C)(C)C.CC[C@@H](C)C(=O)NC1C(=O)N(C)c2ccccc2N(C)[C@H]1C. The van der Waals surface area contributed by atoms with Crippen LogP contribution in [0.1, 0.15) is 54.9 Å². The Kier molecular flexibility index (Phi) is 7.88. The molecule has 5 heteroatoms. The van der Waals surface area contributed by atoms with E-state index in [4.69, 9.17) is 0 Å². The Morgan fingerprint density at radius 1 is 1.15 bits per heavy atom. The number of carbonyl (C=O) groups excluding carboxylic acids is 2. The first-order valence-electron chi connectivity index (χ1n) is 9.78. The Labute approximate surface area is 165 Å². The average Bonchev–Trinajstić information content (AvgIpc) is 2.66. The maximum Gasteiger partial charge on any atom is 0.251 e. The number of fused-ring (bicyclic) bond motifs is 1. The topological polar surface area (TPSA) is 52.7 Å². The highest BCUT2D eigenvalue weighted by molar-refractivity contribution is 6.03. The van der Waals surface area contributed by atoms with E-state index in [0.29, 0.717) is 5.41 Å². The van der Waals surface area contributed by atoms with Crippen molar-refractivity contribution in [2.75, 3.05) is 23.9 Å². The zero-order valence-corrected chi connectivity index (χ0v) is 18.5. The van der Waals surface area contributed by atoms with Crippen LogP contribution in [0, 0.1) is 11.3 Å². The second-order valence-corrected chi connectivity index (χ2v) is 9.03. The van der Waals surface area contributed by atoms with Gasteiger partial charge in [-0.05, 0) is 30.9 Å². The molecule has 2 rings (SSSR count). The number of hydrogen-bond donors (Lipinski definition) is 1. The van der Waals surface area contributed by atoms with Crippen LogP contribution in [0.25, 0.3) is 0 Å². The fourth-order valence-corrected chi connectivity index (χ4v) is 2.69. The number of hydrogen-bond acceptors (Lipinski definition) is 3. The summed E-state index contributed by atoms with van der Waals surface area (Å²) in [6, 6.07) is 7.12. The molecule has 0 fully saturated rings. The van der Waals surface area contributed by atoms with Crippen LogP contribution in [-0.2, 0) is 9.59 Å². The van der Waals surface area contributed by atoms with Crippen LogP contribution in [0.15, 0.2) is 24.3 Å². The van der Waals surface area contributed by atoms with Crippen molar-refractivity contribution in [3.63, 3.8) is 0 Å². The van der Waals surface area contributed by atoms with Crippen LogP contribution in [0.2, 0.25) is 0 Å². The van der Waals surface area contributed by atoms with E-state index in [1.54, 1.807) is 11.9 Å². The molecule has 152 valence electrons. The molecule has 3 atom stereocenters. The molecule has 0 spiro atoms. The Hall–Kier alpha value is -2.04. The first-order valence-corrected chi connectivity index (χ1v) is 9.78. The van der Waals surface area contributed by atoms with Gasteiger partial charge in [0, 0.05) is 20.0 Å². The molecular formula is C22H37N3O2. The maximum absolute atomic E-state index is 12.8. The van der Waals surface area contributed by atoms with E-state index < -0.39 is 6.04 Å². The summed E-state index contributed by atoms with van der Waals surface area (Å²) in [4.78, 5) is 28.7. The van der Waals surface area contributed by atoms with Gasteiger partial charge < -0.3 is 15.1 Å². The van der Waals surface area contributed by atoms with Gasteiger partial charge in [0.25, 0.3) is 5.91 Å². The van der Waals surface area contributed by atoms with Crippen molar-refractivity contribution < 1.29 is 9.59 Å². The summed E-state index contributed by atoms with van der Waals surface area (Å²) in [6.45, 7) is 14.6. The fraction of sp³-hybridized carbons (Fsp3) is 0.636. The molecule has 27 heavy (non-hydrogen) atoms. The van der Waals surface area contributed by atoms with Crippen molar-refractivity contribution in [1.29, 1.82) is 0 Å². The monoisotopic (exact) mass is 375 g/mol. The predicted octanol–water partition coefficient (Wildman–Crippen LogP) is 4.07. The van der Waals surface area contributed by atoms with Crippen molar-refractivity contribution in [3.8, 4) is 0 Å². The van der Waals surface area contributed by atoms with Crippen LogP contribution in [0.5, 0.6) is 0 Å². The molecule has 1 aromatic rings. The second-order valence-electron chi connectivity index (χ2n) is 9.03. The molecule has 0 bridgehead atoms. The Morgan fingerprint density at radius 2 is 1.63 bits per heavy atom. The van der Waals surface area contributed by atoms with Gasteiger partial charge in [-0.15, -0.1) is 0 Å². The quantitative estimate of drug-likeness (QED) is 0.866. The highest BCUT2D eigenvalue weighted by atomic mass is 16.2. The number of carbonyl (C=O) groups is 2. The van der Waals surface area contributed by atoms with Crippen molar-refractivity contribution in [1.82, 2.24) is 5.32 Å². The number of nitrogens with one attached hydrogen (secondary N) is 1. The molecule has 0 saturated heterocycles. The number of benzene rings is 1. The Bertz CT molecular complexity index is 645. The van der Waals surface area contributed by atoms with Crippen LogP contribution in [0.3, 0.4) is 0 Å². The molecule has 1 aromatic carbocycles. The normalized spacial score (nSPS) is 20.9. The molecule has 0 aliphatic carbocycles. The lowest BCUT2D eigenvalue weighted by Gasteiger charge is -2.31. The van der Waals surface area contributed by atoms with Crippen molar-refractivity contribution in [3.05, 3.63) is 24.3 Å². The molecule has 0 saturated carbocycles. The first kappa shape index (κ1) is 23.0. The van der Waals surface area contributed by atoms with Gasteiger partial charge in [-0.1, -0.05) is 53.7 Å². The van der Waals surface area contributed by atoms with Crippen LogP contribution >= 0.6 is 0 Å². The zero-order chi connectivity index (χ0) is 20.9. The number of likely N-dealkylation sites (N-methyl/N-ethyl adjacent to an activating group) is 2. The lowest BCUT2D eigenvalue weighted by atomic mass is 10.0. The molecule has 1 heterocycles. The number of amides is 2. The van der Waals surface area contributed by atoms with Crippen LogP contribution in [-0.4, -0.2) is 38.0 Å². The van der Waals surface area contributed by atoms with Gasteiger partial charge in [0.05, 0.1) is 17.4 Å². The smallest absolute Gasteiger partial charge is 0.251 e. The molecule has 2 amide bonds. The van der Waals surface area contributed by atoms with E-state index in [1.807, 2.05) is 52.1 Å². The van der Waals surface area contributed by atoms with Crippen LogP contribution in [0.4, 0.5) is 11.4 Å². The summed E-state index contributed by atoms with van der Waals surface area (Å²) in [7, 11) is 3.72. The van der Waals surface area contributed by atoms with Gasteiger partial charge in [-0.3, -0.25) is 9.59 Å². The van der Waals surface area contributed by atoms with E-state index in [9.17, 15) is 9.59 Å². The number of para-hydroxylation sites is 2. The van der Waals surface area contributed by atoms with E-state index in [1.165, 1.54) is 0 Å². The first-order chi connectivity index (χ1) is 12.4. The summed E-state index contributed by atoms with van der Waals surface area (Å²) in [5, 5.41) is 2.93. The van der Waals surface area contributed by atoms with Crippen molar-refractivity contribution >= 4 is 23.2 Å².